The molecule has 0 fully saturated rings. The number of likely N-dealkylation sites (N-methyl/N-ethyl adjacent to an activating group) is 1. The summed E-state index contributed by atoms with van der Waals surface area (Å²) in [6.07, 6.45) is 3.95. The fourth-order valence-corrected chi connectivity index (χ4v) is 2.94. The number of rotatable bonds is 8. The van der Waals surface area contributed by atoms with Crippen LogP contribution in [0.2, 0.25) is 0 Å². The molecular formula is C21H27N5. The van der Waals surface area contributed by atoms with Gasteiger partial charge < -0.3 is 9.47 Å². The van der Waals surface area contributed by atoms with Crippen molar-refractivity contribution >= 4 is 0 Å². The minimum Gasteiger partial charge on any atom is -0.308 e. The zero-order chi connectivity index (χ0) is 18.4. The summed E-state index contributed by atoms with van der Waals surface area (Å²) >= 11 is 0. The molecule has 0 spiro atoms. The van der Waals surface area contributed by atoms with Crippen LogP contribution in [0.5, 0.6) is 0 Å². The van der Waals surface area contributed by atoms with E-state index < -0.39 is 0 Å². The van der Waals surface area contributed by atoms with Gasteiger partial charge in [-0.15, -0.1) is 0 Å². The largest absolute Gasteiger partial charge is 0.308 e. The van der Waals surface area contributed by atoms with E-state index in [2.05, 4.69) is 75.0 Å². The molecule has 0 aromatic carbocycles. The predicted octanol–water partition coefficient (Wildman–Crippen LogP) is 3.14. The molecule has 0 aliphatic rings. The van der Waals surface area contributed by atoms with Gasteiger partial charge in [-0.2, -0.15) is 0 Å². The standard InChI is InChI=1S/C21H27N5/c1-18-8-6-11-21(23-18)26-13-7-10-20(26)17-25(15-14-24(2)3)16-19-9-4-5-12-22-19/h4-13H,14-17H2,1-3H3. The lowest BCUT2D eigenvalue weighted by Gasteiger charge is -2.24. The van der Waals surface area contributed by atoms with Gasteiger partial charge in [-0.25, -0.2) is 4.98 Å². The molecule has 0 radical (unpaired) electrons. The van der Waals surface area contributed by atoms with Crippen LogP contribution in [0, 0.1) is 6.92 Å². The fraction of sp³-hybridized carbons (Fsp3) is 0.333. The molecule has 3 heterocycles. The zero-order valence-electron chi connectivity index (χ0n) is 15.8. The Bertz CT molecular complexity index is 810. The minimum absolute atomic E-state index is 0.834. The van der Waals surface area contributed by atoms with Crippen LogP contribution in [0.1, 0.15) is 17.1 Å². The lowest BCUT2D eigenvalue weighted by molar-refractivity contribution is 0.220. The third-order valence-corrected chi connectivity index (χ3v) is 4.31. The van der Waals surface area contributed by atoms with Crippen molar-refractivity contribution in [3.05, 3.63) is 78.0 Å². The Morgan fingerprint density at radius 3 is 2.54 bits per heavy atom. The molecule has 0 aliphatic heterocycles. The van der Waals surface area contributed by atoms with Crippen LogP contribution in [0.25, 0.3) is 5.82 Å². The van der Waals surface area contributed by atoms with Crippen molar-refractivity contribution in [2.75, 3.05) is 27.2 Å². The van der Waals surface area contributed by atoms with Crippen molar-refractivity contribution in [1.82, 2.24) is 24.3 Å². The highest BCUT2D eigenvalue weighted by atomic mass is 15.2. The molecular weight excluding hydrogens is 322 g/mol. The quantitative estimate of drug-likeness (QED) is 0.626. The van der Waals surface area contributed by atoms with Crippen molar-refractivity contribution in [1.29, 1.82) is 0 Å². The number of hydrogen-bond donors (Lipinski definition) is 0. The van der Waals surface area contributed by atoms with Gasteiger partial charge in [0.05, 0.1) is 5.69 Å². The van der Waals surface area contributed by atoms with Crippen LogP contribution in [0.15, 0.2) is 60.9 Å². The molecule has 5 nitrogen and oxygen atoms in total. The molecule has 0 N–H and O–H groups in total. The van der Waals surface area contributed by atoms with Gasteiger partial charge >= 0.3 is 0 Å². The van der Waals surface area contributed by atoms with Crippen LogP contribution < -0.4 is 0 Å². The monoisotopic (exact) mass is 349 g/mol. The average molecular weight is 349 g/mol. The number of hydrogen-bond acceptors (Lipinski definition) is 4. The summed E-state index contributed by atoms with van der Waals surface area (Å²) in [6.45, 7) is 5.71. The highest BCUT2D eigenvalue weighted by molar-refractivity contribution is 5.29. The first-order valence-electron chi connectivity index (χ1n) is 8.99. The first-order valence-corrected chi connectivity index (χ1v) is 8.99. The molecule has 0 amide bonds. The summed E-state index contributed by atoms with van der Waals surface area (Å²) in [4.78, 5) is 13.8. The van der Waals surface area contributed by atoms with Gasteiger partial charge in [-0.1, -0.05) is 12.1 Å². The average Bonchev–Trinajstić information content (AvgIpc) is 3.09. The maximum Gasteiger partial charge on any atom is 0.137 e. The number of aromatic nitrogens is 3. The van der Waals surface area contributed by atoms with Crippen molar-refractivity contribution in [3.8, 4) is 5.82 Å². The van der Waals surface area contributed by atoms with Crippen molar-refractivity contribution in [2.24, 2.45) is 0 Å². The van der Waals surface area contributed by atoms with Gasteiger partial charge in [0.1, 0.15) is 5.82 Å². The second-order valence-corrected chi connectivity index (χ2v) is 6.84. The van der Waals surface area contributed by atoms with E-state index in [-0.39, 0.29) is 0 Å². The molecule has 0 bridgehead atoms. The Morgan fingerprint density at radius 2 is 1.81 bits per heavy atom. The summed E-state index contributed by atoms with van der Waals surface area (Å²) in [5.74, 6) is 0.968. The third kappa shape index (κ3) is 5.00. The SMILES string of the molecule is Cc1cccc(-n2cccc2CN(CCN(C)C)Cc2ccccn2)n1. The molecule has 0 unspecified atom stereocenters. The summed E-state index contributed by atoms with van der Waals surface area (Å²) in [6, 6.07) is 16.5. The highest BCUT2D eigenvalue weighted by Crippen LogP contribution is 2.15. The lowest BCUT2D eigenvalue weighted by atomic mass is 10.3. The highest BCUT2D eigenvalue weighted by Gasteiger charge is 2.12. The van der Waals surface area contributed by atoms with E-state index in [9.17, 15) is 0 Å². The van der Waals surface area contributed by atoms with E-state index >= 15 is 0 Å². The van der Waals surface area contributed by atoms with Gasteiger partial charge in [0, 0.05) is 50.0 Å². The Hall–Kier alpha value is -2.50. The smallest absolute Gasteiger partial charge is 0.137 e. The van der Waals surface area contributed by atoms with E-state index in [1.807, 2.05) is 31.3 Å². The van der Waals surface area contributed by atoms with Crippen LogP contribution in [-0.2, 0) is 13.1 Å². The molecule has 3 aromatic rings. The van der Waals surface area contributed by atoms with Crippen LogP contribution in [-0.4, -0.2) is 51.5 Å². The molecule has 3 aromatic heterocycles. The number of pyridine rings is 2. The van der Waals surface area contributed by atoms with E-state index in [0.717, 1.165) is 43.4 Å². The zero-order valence-corrected chi connectivity index (χ0v) is 15.8. The lowest BCUT2D eigenvalue weighted by Crippen LogP contribution is -2.32. The van der Waals surface area contributed by atoms with Crippen LogP contribution in [0.4, 0.5) is 0 Å². The predicted molar refractivity (Wildman–Crippen MR) is 105 cm³/mol. The van der Waals surface area contributed by atoms with Crippen molar-refractivity contribution in [2.45, 2.75) is 20.0 Å². The molecule has 5 heteroatoms. The third-order valence-electron chi connectivity index (χ3n) is 4.31. The summed E-state index contributed by atoms with van der Waals surface area (Å²) in [5, 5.41) is 0. The van der Waals surface area contributed by atoms with Crippen LogP contribution >= 0.6 is 0 Å². The first-order chi connectivity index (χ1) is 12.6. The molecule has 0 aliphatic carbocycles. The molecule has 136 valence electrons. The number of nitrogens with zero attached hydrogens (tertiary/aromatic N) is 5. The Morgan fingerprint density at radius 1 is 0.923 bits per heavy atom. The van der Waals surface area contributed by atoms with Gasteiger partial charge in [-0.05, 0) is 57.4 Å². The summed E-state index contributed by atoms with van der Waals surface area (Å²) in [5.41, 5.74) is 3.36. The van der Waals surface area contributed by atoms with Gasteiger partial charge in [0.25, 0.3) is 0 Å². The molecule has 26 heavy (non-hydrogen) atoms. The van der Waals surface area contributed by atoms with E-state index in [1.54, 1.807) is 0 Å². The van der Waals surface area contributed by atoms with E-state index in [4.69, 9.17) is 0 Å². The molecule has 0 saturated carbocycles. The summed E-state index contributed by atoms with van der Waals surface area (Å²) in [7, 11) is 4.22. The Kier molecular flexibility index (Phi) is 6.15. The second kappa shape index (κ2) is 8.74. The number of aryl methyl sites for hydroxylation is 1. The maximum atomic E-state index is 4.67. The normalized spacial score (nSPS) is 11.4. The Balaban J connectivity index is 1.79. The molecule has 3 rings (SSSR count). The Labute approximate surface area is 155 Å². The second-order valence-electron chi connectivity index (χ2n) is 6.84. The van der Waals surface area contributed by atoms with Crippen molar-refractivity contribution < 1.29 is 0 Å². The molecule has 0 atom stereocenters. The van der Waals surface area contributed by atoms with Crippen molar-refractivity contribution in [3.63, 3.8) is 0 Å². The fourth-order valence-electron chi connectivity index (χ4n) is 2.94. The van der Waals surface area contributed by atoms with Crippen LogP contribution in [0.3, 0.4) is 0 Å². The maximum absolute atomic E-state index is 4.67. The van der Waals surface area contributed by atoms with Gasteiger partial charge in [0.15, 0.2) is 0 Å². The molecule has 0 saturated heterocycles. The van der Waals surface area contributed by atoms with Gasteiger partial charge in [0.2, 0.25) is 0 Å². The van der Waals surface area contributed by atoms with Gasteiger partial charge in [-0.3, -0.25) is 9.88 Å². The minimum atomic E-state index is 0.834. The topological polar surface area (TPSA) is 37.2 Å². The van der Waals surface area contributed by atoms with E-state index in [0.29, 0.717) is 0 Å². The first kappa shape index (κ1) is 18.3. The summed E-state index contributed by atoms with van der Waals surface area (Å²) < 4.78 is 2.17. The van der Waals surface area contributed by atoms with E-state index in [1.165, 1.54) is 5.69 Å².